The number of nitrogens with one attached hydrogen (secondary N) is 1. The molecule has 5 rings (SSSR count). The van der Waals surface area contributed by atoms with Gasteiger partial charge in [0.25, 0.3) is 0 Å². The maximum Gasteiger partial charge on any atom is 0.495 e. The zero-order valence-electron chi connectivity index (χ0n) is 28.2. The number of carbonyl (C=O) groups excluding carboxylic acids is 1. The predicted molar refractivity (Wildman–Crippen MR) is 185 cm³/mol. The Kier molecular flexibility index (Phi) is 9.45. The summed E-state index contributed by atoms with van der Waals surface area (Å²) in [6.45, 7) is 22.0. The van der Waals surface area contributed by atoms with Crippen molar-refractivity contribution < 1.29 is 23.3 Å². The molecule has 9 nitrogen and oxygen atoms in total. The van der Waals surface area contributed by atoms with Crippen molar-refractivity contribution in [2.24, 2.45) is 4.99 Å². The summed E-state index contributed by atoms with van der Waals surface area (Å²) in [6, 6.07) is 9.16. The summed E-state index contributed by atoms with van der Waals surface area (Å²) in [5.74, 6) is 0.583. The third-order valence-electron chi connectivity index (χ3n) is 9.24. The van der Waals surface area contributed by atoms with Gasteiger partial charge in [-0.3, -0.25) is 14.6 Å². The van der Waals surface area contributed by atoms with Crippen molar-refractivity contribution in [1.29, 1.82) is 0 Å². The minimum Gasteiger partial charge on any atom is -0.440 e. The van der Waals surface area contributed by atoms with Crippen LogP contribution >= 0.6 is 0 Å². The molecular formula is C36H44BN3O6. The predicted octanol–water partition coefficient (Wildman–Crippen LogP) is 5.65. The summed E-state index contributed by atoms with van der Waals surface area (Å²) in [7, 11) is -0.674. The molecule has 242 valence electrons. The Balaban J connectivity index is 1.55. The number of aldehydes is 1. The summed E-state index contributed by atoms with van der Waals surface area (Å²) < 4.78 is 24.5. The molecule has 0 saturated carbocycles. The molecule has 3 aromatic rings. The normalized spacial score (nSPS) is 19.0. The van der Waals surface area contributed by atoms with Gasteiger partial charge >= 0.3 is 7.12 Å². The first-order valence-corrected chi connectivity index (χ1v) is 15.8. The zero-order valence-corrected chi connectivity index (χ0v) is 28.2. The number of nitrogens with zero attached hydrogens (tertiary/aromatic N) is 2. The molecule has 2 saturated heterocycles. The standard InChI is InChI=1S/C36H44BN3O6/c1-10-11-30(31(38-9)25-12-13-29(26(20-25)21-41)37-45-35(5,6)36(7,8)46-37)39-24(4)27-18-22(2)19-28-32(42)23(3)34(44-33(27)28)40-14-16-43-17-15-40/h10-13,18-21,24,39H,9,14-17H2,1-8H3/b11-10-,31-30+. The number of rotatable bonds is 9. The van der Waals surface area contributed by atoms with Gasteiger partial charge in [0.2, 0.25) is 5.88 Å². The highest BCUT2D eigenvalue weighted by molar-refractivity contribution is 6.63. The first-order chi connectivity index (χ1) is 21.8. The van der Waals surface area contributed by atoms with Crippen LogP contribution in [0.1, 0.15) is 80.2 Å². The second kappa shape index (κ2) is 13.0. The van der Waals surface area contributed by atoms with Gasteiger partial charge in [0.05, 0.1) is 52.8 Å². The van der Waals surface area contributed by atoms with Crippen molar-refractivity contribution in [1.82, 2.24) is 5.32 Å². The van der Waals surface area contributed by atoms with Crippen molar-refractivity contribution in [3.05, 3.63) is 86.2 Å². The van der Waals surface area contributed by atoms with Gasteiger partial charge < -0.3 is 28.7 Å². The van der Waals surface area contributed by atoms with Gasteiger partial charge in [-0.05, 0) is 91.3 Å². The number of anilines is 1. The third-order valence-corrected chi connectivity index (χ3v) is 9.24. The van der Waals surface area contributed by atoms with Gasteiger partial charge in [-0.15, -0.1) is 0 Å². The lowest BCUT2D eigenvalue weighted by Gasteiger charge is -2.32. The van der Waals surface area contributed by atoms with E-state index in [1.165, 1.54) is 0 Å². The Morgan fingerprint density at radius 2 is 1.76 bits per heavy atom. The van der Waals surface area contributed by atoms with Gasteiger partial charge in [0.1, 0.15) is 11.9 Å². The van der Waals surface area contributed by atoms with Gasteiger partial charge in [-0.1, -0.05) is 24.3 Å². The van der Waals surface area contributed by atoms with Crippen LogP contribution in [0, 0.1) is 13.8 Å². The Labute approximate surface area is 271 Å². The minimum absolute atomic E-state index is 0.0407. The van der Waals surface area contributed by atoms with Crippen LogP contribution in [0.5, 0.6) is 0 Å². The van der Waals surface area contributed by atoms with Crippen molar-refractivity contribution >= 4 is 48.1 Å². The third kappa shape index (κ3) is 6.21. The van der Waals surface area contributed by atoms with Gasteiger partial charge in [-0.2, -0.15) is 0 Å². The molecule has 2 aromatic carbocycles. The summed E-state index contributed by atoms with van der Waals surface area (Å²) >= 11 is 0. The van der Waals surface area contributed by atoms with E-state index in [0.717, 1.165) is 17.4 Å². The van der Waals surface area contributed by atoms with Gasteiger partial charge in [0, 0.05) is 29.8 Å². The molecule has 2 fully saturated rings. The highest BCUT2D eigenvalue weighted by atomic mass is 16.7. The molecule has 2 aliphatic rings. The number of carbonyl (C=O) groups is 1. The first kappa shape index (κ1) is 33.4. The molecule has 10 heteroatoms. The van der Waals surface area contributed by atoms with E-state index < -0.39 is 18.3 Å². The molecule has 1 aromatic heterocycles. The fourth-order valence-corrected chi connectivity index (χ4v) is 5.96. The number of hydrogen-bond acceptors (Lipinski definition) is 9. The fraction of sp³-hybridized carbons (Fsp3) is 0.417. The van der Waals surface area contributed by atoms with E-state index in [2.05, 4.69) is 21.9 Å². The van der Waals surface area contributed by atoms with E-state index in [9.17, 15) is 9.59 Å². The molecule has 1 unspecified atom stereocenters. The van der Waals surface area contributed by atoms with Crippen molar-refractivity contribution in [2.45, 2.75) is 72.6 Å². The SMILES string of the molecule is C=N/C(=C(\C=C/C)NC(C)c1cc(C)cc2c(=O)c(C)c(N3CCOCC3)oc12)c1ccc(B2OC(C)(C)C(C)(C)O2)c(C=O)c1. The quantitative estimate of drug-likeness (QED) is 0.141. The average Bonchev–Trinajstić information content (AvgIpc) is 3.25. The van der Waals surface area contributed by atoms with E-state index in [4.69, 9.17) is 18.5 Å². The summed E-state index contributed by atoms with van der Waals surface area (Å²) in [5, 5.41) is 4.14. The van der Waals surface area contributed by atoms with E-state index in [1.807, 2.05) is 91.8 Å². The molecule has 46 heavy (non-hydrogen) atoms. The number of benzene rings is 2. The van der Waals surface area contributed by atoms with E-state index >= 15 is 0 Å². The number of morpholine rings is 1. The molecule has 0 aliphatic carbocycles. The maximum atomic E-state index is 13.6. The maximum absolute atomic E-state index is 13.6. The second-order valence-electron chi connectivity index (χ2n) is 13.0. The van der Waals surface area contributed by atoms with Crippen molar-refractivity contribution in [3.8, 4) is 0 Å². The molecule has 0 amide bonds. The lowest BCUT2D eigenvalue weighted by Crippen LogP contribution is -2.41. The topological polar surface area (TPSA) is 103 Å². The lowest BCUT2D eigenvalue weighted by molar-refractivity contribution is 0.00578. The van der Waals surface area contributed by atoms with Crippen LogP contribution in [0.3, 0.4) is 0 Å². The highest BCUT2D eigenvalue weighted by Gasteiger charge is 2.52. The van der Waals surface area contributed by atoms with Crippen molar-refractivity contribution in [3.63, 3.8) is 0 Å². The van der Waals surface area contributed by atoms with Crippen LogP contribution in [0.2, 0.25) is 0 Å². The van der Waals surface area contributed by atoms with Gasteiger partial charge in [0.15, 0.2) is 5.43 Å². The molecule has 0 spiro atoms. The number of allylic oxidation sites excluding steroid dienone is 2. The molecular weight excluding hydrogens is 581 g/mol. The van der Waals surface area contributed by atoms with Crippen LogP contribution in [0.25, 0.3) is 16.7 Å². The van der Waals surface area contributed by atoms with Crippen molar-refractivity contribution in [2.75, 3.05) is 31.2 Å². The van der Waals surface area contributed by atoms with E-state index in [1.54, 1.807) is 6.07 Å². The second-order valence-corrected chi connectivity index (χ2v) is 13.0. The number of aryl methyl sites for hydroxylation is 1. The summed E-state index contributed by atoms with van der Waals surface area (Å²) in [4.78, 5) is 32.4. The Bertz CT molecular complexity index is 1770. The summed E-state index contributed by atoms with van der Waals surface area (Å²) in [6.07, 6.45) is 4.64. The first-order valence-electron chi connectivity index (χ1n) is 15.8. The minimum atomic E-state index is -0.674. The fourth-order valence-electron chi connectivity index (χ4n) is 5.96. The molecule has 0 radical (unpaired) electrons. The average molecular weight is 626 g/mol. The van der Waals surface area contributed by atoms with E-state index in [0.29, 0.717) is 76.7 Å². The van der Waals surface area contributed by atoms with Crippen LogP contribution in [-0.4, -0.2) is 57.6 Å². The lowest BCUT2D eigenvalue weighted by atomic mass is 9.75. The number of ether oxygens (including phenoxy) is 1. The molecule has 2 aliphatic heterocycles. The smallest absolute Gasteiger partial charge is 0.440 e. The molecule has 3 heterocycles. The Hall–Kier alpha value is -3.99. The Morgan fingerprint density at radius 1 is 1.09 bits per heavy atom. The number of aliphatic imine (C=N–C) groups is 1. The van der Waals surface area contributed by atoms with Crippen LogP contribution in [0.15, 0.2) is 62.4 Å². The largest absolute Gasteiger partial charge is 0.495 e. The molecule has 1 atom stereocenters. The number of fused-ring (bicyclic) bond motifs is 1. The molecule has 0 bridgehead atoms. The van der Waals surface area contributed by atoms with Crippen LogP contribution < -0.4 is 21.1 Å². The van der Waals surface area contributed by atoms with Gasteiger partial charge in [-0.25, -0.2) is 0 Å². The molecule has 1 N–H and O–H groups in total. The van der Waals surface area contributed by atoms with Crippen LogP contribution in [-0.2, 0) is 14.0 Å². The van der Waals surface area contributed by atoms with E-state index in [-0.39, 0.29) is 11.5 Å². The van der Waals surface area contributed by atoms with Crippen LogP contribution in [0.4, 0.5) is 5.88 Å². The summed E-state index contributed by atoms with van der Waals surface area (Å²) in [5.41, 5.74) is 4.89. The number of hydrogen-bond donors (Lipinski definition) is 1. The zero-order chi connectivity index (χ0) is 33.4. The Morgan fingerprint density at radius 3 is 2.37 bits per heavy atom. The highest BCUT2D eigenvalue weighted by Crippen LogP contribution is 2.37. The monoisotopic (exact) mass is 625 g/mol.